The van der Waals surface area contributed by atoms with E-state index in [2.05, 4.69) is 24.1 Å². The van der Waals surface area contributed by atoms with E-state index in [0.717, 1.165) is 38.7 Å². The second-order valence-electron chi connectivity index (χ2n) is 6.60. The number of ether oxygens (including phenoxy) is 2. The van der Waals surface area contributed by atoms with Crippen LogP contribution in [0.2, 0.25) is 0 Å². The van der Waals surface area contributed by atoms with Crippen molar-refractivity contribution in [2.24, 2.45) is 5.92 Å². The Morgan fingerprint density at radius 1 is 1.33 bits per heavy atom. The van der Waals surface area contributed by atoms with Gasteiger partial charge in [0.2, 0.25) is 0 Å². The average molecular weight is 298 g/mol. The van der Waals surface area contributed by atoms with Crippen molar-refractivity contribution in [1.29, 1.82) is 0 Å². The quantitative estimate of drug-likeness (QED) is 0.662. The summed E-state index contributed by atoms with van der Waals surface area (Å²) in [4.78, 5) is 2.58. The van der Waals surface area contributed by atoms with Gasteiger partial charge in [-0.15, -0.1) is 0 Å². The largest absolute Gasteiger partial charge is 0.379 e. The van der Waals surface area contributed by atoms with Crippen LogP contribution >= 0.6 is 0 Å². The first-order chi connectivity index (χ1) is 10.3. The third kappa shape index (κ3) is 6.23. The van der Waals surface area contributed by atoms with Crippen molar-refractivity contribution in [2.75, 3.05) is 46.0 Å². The van der Waals surface area contributed by atoms with Crippen LogP contribution in [0.5, 0.6) is 0 Å². The zero-order valence-corrected chi connectivity index (χ0v) is 14.0. The van der Waals surface area contributed by atoms with Crippen molar-refractivity contribution in [3.63, 3.8) is 0 Å². The van der Waals surface area contributed by atoms with Crippen LogP contribution in [0.4, 0.5) is 0 Å². The summed E-state index contributed by atoms with van der Waals surface area (Å²) in [6.45, 7) is 12.0. The van der Waals surface area contributed by atoms with Crippen molar-refractivity contribution in [3.8, 4) is 0 Å². The van der Waals surface area contributed by atoms with Gasteiger partial charge in [-0.3, -0.25) is 0 Å². The third-order valence-electron chi connectivity index (χ3n) is 4.96. The second-order valence-corrected chi connectivity index (χ2v) is 6.60. The first-order valence-electron chi connectivity index (χ1n) is 8.94. The number of piperidine rings is 1. The molecule has 0 aliphatic carbocycles. The Morgan fingerprint density at radius 2 is 2.24 bits per heavy atom. The van der Waals surface area contributed by atoms with Crippen LogP contribution in [-0.4, -0.2) is 63.0 Å². The van der Waals surface area contributed by atoms with E-state index in [9.17, 15) is 0 Å². The Kier molecular flexibility index (Phi) is 8.01. The molecule has 2 saturated heterocycles. The maximum Gasteiger partial charge on any atom is 0.0809 e. The molecular weight excluding hydrogens is 264 g/mol. The van der Waals surface area contributed by atoms with Crippen LogP contribution in [0.1, 0.15) is 46.0 Å². The molecule has 124 valence electrons. The maximum absolute atomic E-state index is 5.71. The lowest BCUT2D eigenvalue weighted by atomic mass is 9.91. The van der Waals surface area contributed by atoms with Gasteiger partial charge in [0.25, 0.3) is 0 Å². The monoisotopic (exact) mass is 298 g/mol. The van der Waals surface area contributed by atoms with Crippen LogP contribution in [-0.2, 0) is 9.47 Å². The van der Waals surface area contributed by atoms with E-state index in [1.54, 1.807) is 0 Å². The molecule has 3 atom stereocenters. The molecule has 2 rings (SSSR count). The number of rotatable bonds is 9. The molecule has 0 aromatic carbocycles. The van der Waals surface area contributed by atoms with Gasteiger partial charge in [-0.05, 0) is 64.6 Å². The topological polar surface area (TPSA) is 33.7 Å². The molecular formula is C17H34N2O2. The molecule has 2 fully saturated rings. The summed E-state index contributed by atoms with van der Waals surface area (Å²) in [6.07, 6.45) is 6.56. The molecule has 2 heterocycles. The van der Waals surface area contributed by atoms with Crippen molar-refractivity contribution < 1.29 is 9.47 Å². The second kappa shape index (κ2) is 9.78. The van der Waals surface area contributed by atoms with Gasteiger partial charge in [0, 0.05) is 25.8 Å². The minimum Gasteiger partial charge on any atom is -0.379 e. The molecule has 0 aromatic heterocycles. The number of nitrogens with zero attached hydrogens (tertiary/aromatic N) is 1. The van der Waals surface area contributed by atoms with Gasteiger partial charge in [-0.1, -0.05) is 6.92 Å². The third-order valence-corrected chi connectivity index (χ3v) is 4.96. The van der Waals surface area contributed by atoms with E-state index in [0.29, 0.717) is 12.1 Å². The lowest BCUT2D eigenvalue weighted by Crippen LogP contribution is -2.44. The SMILES string of the molecule is CCN1CCCC(C(C)NCCCOCC2CCCO2)C1. The molecule has 2 aliphatic heterocycles. The first-order valence-corrected chi connectivity index (χ1v) is 8.94. The molecule has 0 saturated carbocycles. The number of likely N-dealkylation sites (tertiary alicyclic amines) is 1. The predicted octanol–water partition coefficient (Wildman–Crippen LogP) is 2.28. The van der Waals surface area contributed by atoms with Crippen molar-refractivity contribution >= 4 is 0 Å². The highest BCUT2D eigenvalue weighted by atomic mass is 16.5. The Morgan fingerprint density at radius 3 is 3.00 bits per heavy atom. The molecule has 1 N–H and O–H groups in total. The fraction of sp³-hybridized carbons (Fsp3) is 1.00. The molecule has 2 aliphatic rings. The lowest BCUT2D eigenvalue weighted by Gasteiger charge is -2.35. The highest BCUT2D eigenvalue weighted by Gasteiger charge is 2.23. The smallest absolute Gasteiger partial charge is 0.0809 e. The summed E-state index contributed by atoms with van der Waals surface area (Å²) in [5.41, 5.74) is 0. The summed E-state index contributed by atoms with van der Waals surface area (Å²) in [5, 5.41) is 3.69. The first kappa shape index (κ1) is 17.2. The molecule has 3 unspecified atom stereocenters. The molecule has 0 aromatic rings. The minimum atomic E-state index is 0.360. The molecule has 0 amide bonds. The standard InChI is InChI=1S/C17H34N2O2/c1-3-19-10-4-7-16(13-19)15(2)18-9-6-11-20-14-17-8-5-12-21-17/h15-18H,3-14H2,1-2H3. The van der Waals surface area contributed by atoms with Gasteiger partial charge in [0.15, 0.2) is 0 Å². The van der Waals surface area contributed by atoms with Crippen molar-refractivity contribution in [1.82, 2.24) is 10.2 Å². The van der Waals surface area contributed by atoms with Gasteiger partial charge in [0.05, 0.1) is 12.7 Å². The molecule has 21 heavy (non-hydrogen) atoms. The number of hydrogen-bond acceptors (Lipinski definition) is 4. The van der Waals surface area contributed by atoms with E-state index in [1.165, 1.54) is 45.3 Å². The van der Waals surface area contributed by atoms with Crippen LogP contribution < -0.4 is 5.32 Å². The Hall–Kier alpha value is -0.160. The molecule has 4 nitrogen and oxygen atoms in total. The summed E-state index contributed by atoms with van der Waals surface area (Å²) >= 11 is 0. The normalized spacial score (nSPS) is 28.9. The fourth-order valence-corrected chi connectivity index (χ4v) is 3.45. The molecule has 4 heteroatoms. The number of hydrogen-bond donors (Lipinski definition) is 1. The summed E-state index contributed by atoms with van der Waals surface area (Å²) in [6, 6.07) is 0.623. The van der Waals surface area contributed by atoms with Crippen LogP contribution in [0.25, 0.3) is 0 Å². The zero-order valence-electron chi connectivity index (χ0n) is 14.0. The van der Waals surface area contributed by atoms with Crippen LogP contribution in [0.3, 0.4) is 0 Å². The van der Waals surface area contributed by atoms with E-state index in [-0.39, 0.29) is 0 Å². The van der Waals surface area contributed by atoms with E-state index in [1.807, 2.05) is 0 Å². The summed E-state index contributed by atoms with van der Waals surface area (Å²) in [5.74, 6) is 0.812. The van der Waals surface area contributed by atoms with Gasteiger partial charge in [-0.2, -0.15) is 0 Å². The van der Waals surface area contributed by atoms with E-state index < -0.39 is 0 Å². The predicted molar refractivity (Wildman–Crippen MR) is 86.7 cm³/mol. The van der Waals surface area contributed by atoms with Crippen LogP contribution in [0, 0.1) is 5.92 Å². The average Bonchev–Trinajstić information content (AvgIpc) is 3.04. The number of nitrogens with one attached hydrogen (secondary N) is 1. The zero-order chi connectivity index (χ0) is 14.9. The van der Waals surface area contributed by atoms with Crippen LogP contribution in [0.15, 0.2) is 0 Å². The molecule has 0 radical (unpaired) electrons. The Bertz CT molecular complexity index is 270. The van der Waals surface area contributed by atoms with E-state index >= 15 is 0 Å². The maximum atomic E-state index is 5.71. The van der Waals surface area contributed by atoms with Gasteiger partial charge in [-0.25, -0.2) is 0 Å². The molecule has 0 spiro atoms. The summed E-state index contributed by atoms with van der Waals surface area (Å²) in [7, 11) is 0. The fourth-order valence-electron chi connectivity index (χ4n) is 3.45. The van der Waals surface area contributed by atoms with Gasteiger partial charge >= 0.3 is 0 Å². The van der Waals surface area contributed by atoms with Gasteiger partial charge in [0.1, 0.15) is 0 Å². The van der Waals surface area contributed by atoms with Crippen molar-refractivity contribution in [2.45, 2.75) is 58.1 Å². The van der Waals surface area contributed by atoms with Crippen molar-refractivity contribution in [3.05, 3.63) is 0 Å². The Labute approximate surface area is 130 Å². The lowest BCUT2D eigenvalue weighted by molar-refractivity contribution is 0.0164. The molecule has 0 bridgehead atoms. The Balaban J connectivity index is 1.47. The van der Waals surface area contributed by atoms with Gasteiger partial charge < -0.3 is 19.7 Å². The minimum absolute atomic E-state index is 0.360. The highest BCUT2D eigenvalue weighted by Crippen LogP contribution is 2.19. The van der Waals surface area contributed by atoms with E-state index in [4.69, 9.17) is 9.47 Å². The highest BCUT2D eigenvalue weighted by molar-refractivity contribution is 4.79. The summed E-state index contributed by atoms with van der Waals surface area (Å²) < 4.78 is 11.3.